The minimum atomic E-state index is -1.11. The van der Waals surface area contributed by atoms with Gasteiger partial charge in [-0.2, -0.15) is 5.10 Å². The number of carbonyl (C=O) groups excluding carboxylic acids is 1. The quantitative estimate of drug-likeness (QED) is 0.752. The molecule has 0 unspecified atom stereocenters. The van der Waals surface area contributed by atoms with Gasteiger partial charge < -0.3 is 10.0 Å². The van der Waals surface area contributed by atoms with Crippen molar-refractivity contribution >= 4 is 23.5 Å². The number of carboxylic acid groups (broad SMARTS) is 1. The number of benzene rings is 1. The van der Waals surface area contributed by atoms with Gasteiger partial charge in [-0.15, -0.1) is 0 Å². The Balaban J connectivity index is 1.71. The third-order valence-electron chi connectivity index (χ3n) is 4.55. The number of amides is 1. The number of rotatable bonds is 3. The van der Waals surface area contributed by atoms with Crippen LogP contribution in [0.25, 0.3) is 5.69 Å². The van der Waals surface area contributed by atoms with E-state index in [1.165, 1.54) is 0 Å². The number of nitrogens with zero attached hydrogens (tertiary/aromatic N) is 4. The molecule has 4 rings (SSSR count). The summed E-state index contributed by atoms with van der Waals surface area (Å²) in [5.74, 6) is -1.27. The van der Waals surface area contributed by atoms with Crippen LogP contribution in [0.5, 0.6) is 0 Å². The second kappa shape index (κ2) is 6.85. The highest BCUT2D eigenvalue weighted by molar-refractivity contribution is 6.30. The Bertz CT molecular complexity index is 1020. The van der Waals surface area contributed by atoms with Crippen molar-refractivity contribution in [1.82, 2.24) is 19.7 Å². The summed E-state index contributed by atoms with van der Waals surface area (Å²) in [5.41, 5.74) is 2.58. The van der Waals surface area contributed by atoms with Gasteiger partial charge in [-0.3, -0.25) is 9.78 Å². The number of fused-ring (bicyclic) bond motifs is 1. The van der Waals surface area contributed by atoms with E-state index in [0.717, 1.165) is 11.4 Å². The Kier molecular flexibility index (Phi) is 4.37. The fourth-order valence-corrected chi connectivity index (χ4v) is 3.36. The Hall–Kier alpha value is -3.19. The number of halogens is 1. The average molecular weight is 383 g/mol. The number of hydrogen-bond donors (Lipinski definition) is 1. The summed E-state index contributed by atoms with van der Waals surface area (Å²) in [4.78, 5) is 30.0. The van der Waals surface area contributed by atoms with Crippen molar-refractivity contribution in [2.45, 2.75) is 13.0 Å². The Labute approximate surface area is 159 Å². The Morgan fingerprint density at radius 3 is 2.44 bits per heavy atom. The first-order valence-electron chi connectivity index (χ1n) is 8.34. The van der Waals surface area contributed by atoms with E-state index >= 15 is 0 Å². The maximum absolute atomic E-state index is 12.7. The molecule has 0 fully saturated rings. The molecule has 0 aliphatic carbocycles. The molecule has 0 saturated carbocycles. The van der Waals surface area contributed by atoms with E-state index < -0.39 is 5.97 Å². The van der Waals surface area contributed by atoms with E-state index in [-0.39, 0.29) is 18.1 Å². The summed E-state index contributed by atoms with van der Waals surface area (Å²) < 4.78 is 1.63. The SMILES string of the molecule is O=C(O)c1nn(-c2ccc(Cl)cc2)c2c1CN(C(=O)c1ccncc1)CC2. The Morgan fingerprint density at radius 2 is 1.78 bits per heavy atom. The number of aromatic carboxylic acids is 1. The standard InChI is InChI=1S/C19H15ClN4O3/c20-13-1-3-14(4-2-13)24-16-7-10-23(11-15(16)17(22-24)19(26)27)18(25)12-5-8-21-9-6-12/h1-6,8-9H,7,10-11H2,(H,26,27). The second-order valence-corrected chi connectivity index (χ2v) is 6.62. The number of carboxylic acids is 1. The summed E-state index contributed by atoms with van der Waals surface area (Å²) in [6.45, 7) is 0.679. The van der Waals surface area contributed by atoms with Gasteiger partial charge in [0.05, 0.1) is 17.9 Å². The molecule has 27 heavy (non-hydrogen) atoms. The van der Waals surface area contributed by atoms with Gasteiger partial charge in [0, 0.05) is 41.5 Å². The molecule has 7 nitrogen and oxygen atoms in total. The smallest absolute Gasteiger partial charge is 0.356 e. The van der Waals surface area contributed by atoms with Crippen LogP contribution in [-0.2, 0) is 13.0 Å². The molecule has 2 aromatic heterocycles. The molecule has 1 N–H and O–H groups in total. The minimum Gasteiger partial charge on any atom is -0.476 e. The monoisotopic (exact) mass is 382 g/mol. The van der Waals surface area contributed by atoms with E-state index in [1.54, 1.807) is 58.4 Å². The van der Waals surface area contributed by atoms with Crippen LogP contribution >= 0.6 is 11.6 Å². The zero-order valence-electron chi connectivity index (χ0n) is 14.2. The molecule has 8 heteroatoms. The zero-order chi connectivity index (χ0) is 19.0. The van der Waals surface area contributed by atoms with E-state index in [0.29, 0.717) is 29.1 Å². The van der Waals surface area contributed by atoms with Crippen LogP contribution in [0.3, 0.4) is 0 Å². The van der Waals surface area contributed by atoms with Crippen molar-refractivity contribution in [2.24, 2.45) is 0 Å². The molecule has 0 spiro atoms. The van der Waals surface area contributed by atoms with Gasteiger partial charge >= 0.3 is 5.97 Å². The number of carbonyl (C=O) groups is 2. The van der Waals surface area contributed by atoms with Crippen molar-refractivity contribution < 1.29 is 14.7 Å². The molecular formula is C19H15ClN4O3. The normalized spacial score (nSPS) is 13.3. The van der Waals surface area contributed by atoms with Gasteiger partial charge in [0.2, 0.25) is 0 Å². The topological polar surface area (TPSA) is 88.3 Å². The van der Waals surface area contributed by atoms with Crippen molar-refractivity contribution in [3.8, 4) is 5.69 Å². The summed E-state index contributed by atoms with van der Waals surface area (Å²) in [7, 11) is 0. The molecule has 1 aromatic carbocycles. The van der Waals surface area contributed by atoms with Gasteiger partial charge in [0.1, 0.15) is 0 Å². The fraction of sp³-hybridized carbons (Fsp3) is 0.158. The maximum Gasteiger partial charge on any atom is 0.356 e. The highest BCUT2D eigenvalue weighted by atomic mass is 35.5. The lowest BCUT2D eigenvalue weighted by Crippen LogP contribution is -2.36. The number of aromatic nitrogens is 3. The van der Waals surface area contributed by atoms with E-state index in [9.17, 15) is 14.7 Å². The van der Waals surface area contributed by atoms with E-state index in [1.807, 2.05) is 0 Å². The lowest BCUT2D eigenvalue weighted by atomic mass is 10.0. The summed E-state index contributed by atoms with van der Waals surface area (Å²) in [6, 6.07) is 10.3. The average Bonchev–Trinajstić information content (AvgIpc) is 3.08. The van der Waals surface area contributed by atoms with E-state index in [2.05, 4.69) is 10.1 Å². The van der Waals surface area contributed by atoms with Crippen molar-refractivity contribution in [1.29, 1.82) is 0 Å². The van der Waals surface area contributed by atoms with Crippen molar-refractivity contribution in [2.75, 3.05) is 6.54 Å². The van der Waals surface area contributed by atoms with Crippen LogP contribution < -0.4 is 0 Å². The van der Waals surface area contributed by atoms with Gasteiger partial charge in [-0.1, -0.05) is 11.6 Å². The van der Waals surface area contributed by atoms with Crippen LogP contribution in [0.4, 0.5) is 0 Å². The van der Waals surface area contributed by atoms with Crippen LogP contribution in [0, 0.1) is 0 Å². The molecule has 1 aliphatic heterocycles. The molecule has 3 heterocycles. The summed E-state index contributed by atoms with van der Waals surface area (Å²) in [5, 5.41) is 14.5. The molecule has 136 valence electrons. The number of hydrogen-bond acceptors (Lipinski definition) is 4. The lowest BCUT2D eigenvalue weighted by molar-refractivity contribution is 0.0674. The van der Waals surface area contributed by atoms with Crippen LogP contribution in [-0.4, -0.2) is 43.2 Å². The molecule has 0 radical (unpaired) electrons. The number of pyridine rings is 1. The van der Waals surface area contributed by atoms with E-state index in [4.69, 9.17) is 11.6 Å². The molecule has 0 bridgehead atoms. The predicted octanol–water partition coefficient (Wildman–Crippen LogP) is 2.82. The molecule has 1 amide bonds. The summed E-state index contributed by atoms with van der Waals surface area (Å²) in [6.07, 6.45) is 3.63. The largest absolute Gasteiger partial charge is 0.476 e. The van der Waals surface area contributed by atoms with Gasteiger partial charge in [0.25, 0.3) is 5.91 Å². The lowest BCUT2D eigenvalue weighted by Gasteiger charge is -2.27. The van der Waals surface area contributed by atoms with Crippen LogP contribution in [0.2, 0.25) is 5.02 Å². The minimum absolute atomic E-state index is 0.0350. The molecule has 3 aromatic rings. The first-order valence-corrected chi connectivity index (χ1v) is 8.71. The molecular weight excluding hydrogens is 368 g/mol. The fourth-order valence-electron chi connectivity index (χ4n) is 3.24. The Morgan fingerprint density at radius 1 is 1.07 bits per heavy atom. The van der Waals surface area contributed by atoms with Crippen LogP contribution in [0.1, 0.15) is 32.1 Å². The van der Waals surface area contributed by atoms with Gasteiger partial charge in [0.15, 0.2) is 5.69 Å². The third-order valence-corrected chi connectivity index (χ3v) is 4.80. The van der Waals surface area contributed by atoms with Gasteiger partial charge in [-0.25, -0.2) is 9.48 Å². The predicted molar refractivity (Wildman–Crippen MR) is 98.2 cm³/mol. The highest BCUT2D eigenvalue weighted by Crippen LogP contribution is 2.27. The highest BCUT2D eigenvalue weighted by Gasteiger charge is 2.30. The molecule has 1 aliphatic rings. The third kappa shape index (κ3) is 3.17. The van der Waals surface area contributed by atoms with Crippen molar-refractivity contribution in [3.63, 3.8) is 0 Å². The molecule has 0 atom stereocenters. The maximum atomic E-state index is 12.7. The van der Waals surface area contributed by atoms with Gasteiger partial charge in [-0.05, 0) is 36.4 Å². The molecule has 0 saturated heterocycles. The van der Waals surface area contributed by atoms with Crippen molar-refractivity contribution in [3.05, 3.63) is 76.3 Å². The second-order valence-electron chi connectivity index (χ2n) is 6.18. The first kappa shape index (κ1) is 17.2. The zero-order valence-corrected chi connectivity index (χ0v) is 14.9. The van der Waals surface area contributed by atoms with Crippen LogP contribution in [0.15, 0.2) is 48.8 Å². The first-order chi connectivity index (χ1) is 13.0. The summed E-state index contributed by atoms with van der Waals surface area (Å²) >= 11 is 5.94.